The largest absolute Gasteiger partial charge is 0.472 e. The molecule has 0 saturated heterocycles. The highest BCUT2D eigenvalue weighted by Crippen LogP contribution is 2.29. The highest BCUT2D eigenvalue weighted by Gasteiger charge is 2.35. The van der Waals surface area contributed by atoms with Crippen LogP contribution in [0.5, 0.6) is 5.88 Å². The SMILES string of the molecule is C[C@H](CO)N1C[C@H](C)[C@@H](CN(C)C(=O)C2CCCCC2)Oc2ncc(C#CC(C)(C)O)cc2C1=O. The molecule has 1 aliphatic heterocycles. The lowest BCUT2D eigenvalue weighted by Gasteiger charge is -2.38. The van der Waals surface area contributed by atoms with Crippen LogP contribution in [0.2, 0.25) is 0 Å². The Morgan fingerprint density at radius 3 is 2.66 bits per heavy atom. The lowest BCUT2D eigenvalue weighted by Crippen LogP contribution is -2.51. The van der Waals surface area contributed by atoms with E-state index < -0.39 is 11.6 Å². The minimum absolute atomic E-state index is 0.0624. The minimum atomic E-state index is -1.18. The molecule has 0 spiro atoms. The normalized spacial score (nSPS) is 22.1. The predicted octanol–water partition coefficient (Wildman–Crippen LogP) is 2.46. The van der Waals surface area contributed by atoms with Gasteiger partial charge in [-0.1, -0.05) is 38.0 Å². The fourth-order valence-corrected chi connectivity index (χ4v) is 4.63. The van der Waals surface area contributed by atoms with Crippen LogP contribution in [0.25, 0.3) is 0 Å². The molecule has 2 heterocycles. The summed E-state index contributed by atoms with van der Waals surface area (Å²) in [5.41, 5.74) is -0.446. The number of aliphatic hydroxyl groups is 2. The van der Waals surface area contributed by atoms with Crippen LogP contribution >= 0.6 is 0 Å². The number of aliphatic hydroxyl groups excluding tert-OH is 1. The first-order valence-corrected chi connectivity index (χ1v) is 12.6. The molecule has 0 bridgehead atoms. The average molecular weight is 486 g/mol. The number of rotatable bonds is 5. The van der Waals surface area contributed by atoms with E-state index in [1.165, 1.54) is 12.6 Å². The summed E-state index contributed by atoms with van der Waals surface area (Å²) >= 11 is 0. The molecule has 8 heteroatoms. The summed E-state index contributed by atoms with van der Waals surface area (Å²) in [5, 5.41) is 19.7. The van der Waals surface area contributed by atoms with Crippen molar-refractivity contribution >= 4 is 11.8 Å². The van der Waals surface area contributed by atoms with E-state index in [0.29, 0.717) is 18.7 Å². The van der Waals surface area contributed by atoms with Crippen LogP contribution in [0.3, 0.4) is 0 Å². The maximum absolute atomic E-state index is 13.5. The van der Waals surface area contributed by atoms with Gasteiger partial charge in [0.15, 0.2) is 0 Å². The van der Waals surface area contributed by atoms with Gasteiger partial charge in [-0.2, -0.15) is 0 Å². The topological polar surface area (TPSA) is 103 Å². The summed E-state index contributed by atoms with van der Waals surface area (Å²) in [6.45, 7) is 7.52. The maximum Gasteiger partial charge on any atom is 0.259 e. The number of hydrogen-bond acceptors (Lipinski definition) is 6. The van der Waals surface area contributed by atoms with Crippen molar-refractivity contribution in [1.82, 2.24) is 14.8 Å². The second-order valence-corrected chi connectivity index (χ2v) is 10.6. The van der Waals surface area contributed by atoms with Crippen molar-refractivity contribution in [1.29, 1.82) is 0 Å². The standard InChI is InChI=1S/C27H39N3O5/c1-18-15-30(19(2)17-31)26(33)22-13-20(11-12-27(3,4)34)14-28-24(22)35-23(18)16-29(5)25(32)21-9-7-6-8-10-21/h13-14,18-19,21,23,31,34H,6-10,15-17H2,1-5H3/t18-,19+,23+/m0/s1. The van der Waals surface area contributed by atoms with Crippen molar-refractivity contribution < 1.29 is 24.5 Å². The number of fused-ring (bicyclic) bond motifs is 1. The summed E-state index contributed by atoms with van der Waals surface area (Å²) in [7, 11) is 1.81. The van der Waals surface area contributed by atoms with E-state index in [4.69, 9.17) is 4.74 Å². The Balaban J connectivity index is 1.91. The molecule has 0 radical (unpaired) electrons. The minimum Gasteiger partial charge on any atom is -0.472 e. The van der Waals surface area contributed by atoms with Gasteiger partial charge in [-0.3, -0.25) is 9.59 Å². The fraction of sp³-hybridized carbons (Fsp3) is 0.667. The first-order chi connectivity index (χ1) is 16.5. The third-order valence-electron chi connectivity index (χ3n) is 6.82. The molecule has 2 amide bonds. The number of aromatic nitrogens is 1. The molecule has 35 heavy (non-hydrogen) atoms. The van der Waals surface area contributed by atoms with Crippen molar-refractivity contribution in [3.8, 4) is 17.7 Å². The quantitative estimate of drug-likeness (QED) is 0.621. The van der Waals surface area contributed by atoms with E-state index in [9.17, 15) is 19.8 Å². The lowest BCUT2D eigenvalue weighted by atomic mass is 9.88. The van der Waals surface area contributed by atoms with Crippen LogP contribution < -0.4 is 4.74 Å². The van der Waals surface area contributed by atoms with Crippen LogP contribution in [0.15, 0.2) is 12.3 Å². The van der Waals surface area contributed by atoms with Crippen molar-refractivity contribution in [3.05, 3.63) is 23.4 Å². The van der Waals surface area contributed by atoms with Crippen molar-refractivity contribution in [3.63, 3.8) is 0 Å². The van der Waals surface area contributed by atoms with Gasteiger partial charge in [0.05, 0.1) is 19.2 Å². The molecular formula is C27H39N3O5. The van der Waals surface area contributed by atoms with Gasteiger partial charge in [0.1, 0.15) is 17.3 Å². The average Bonchev–Trinajstić information content (AvgIpc) is 2.84. The molecule has 1 fully saturated rings. The Hall–Kier alpha value is -2.63. The van der Waals surface area contributed by atoms with E-state index in [-0.39, 0.29) is 47.8 Å². The highest BCUT2D eigenvalue weighted by atomic mass is 16.5. The molecule has 1 aliphatic carbocycles. The van der Waals surface area contributed by atoms with Crippen LogP contribution in [-0.4, -0.2) is 81.3 Å². The molecule has 3 atom stereocenters. The first-order valence-electron chi connectivity index (χ1n) is 12.6. The third-order valence-corrected chi connectivity index (χ3v) is 6.82. The van der Waals surface area contributed by atoms with E-state index in [1.54, 1.807) is 36.6 Å². The molecule has 1 aromatic heterocycles. The first kappa shape index (κ1) is 27.0. The number of amides is 2. The number of carbonyl (C=O) groups excluding carboxylic acids is 2. The summed E-state index contributed by atoms with van der Waals surface area (Å²) in [6.07, 6.45) is 6.37. The Labute approximate surface area is 208 Å². The van der Waals surface area contributed by atoms with E-state index in [1.807, 2.05) is 14.0 Å². The third kappa shape index (κ3) is 6.96. The maximum atomic E-state index is 13.5. The van der Waals surface area contributed by atoms with Crippen LogP contribution in [0, 0.1) is 23.7 Å². The van der Waals surface area contributed by atoms with Crippen LogP contribution in [0.1, 0.15) is 75.7 Å². The van der Waals surface area contributed by atoms with Gasteiger partial charge in [0, 0.05) is 37.2 Å². The van der Waals surface area contributed by atoms with Crippen molar-refractivity contribution in [2.45, 2.75) is 77.5 Å². The summed E-state index contributed by atoms with van der Waals surface area (Å²) in [6, 6.07) is 1.22. The summed E-state index contributed by atoms with van der Waals surface area (Å²) in [5.74, 6) is 5.60. The molecule has 192 valence electrons. The number of likely N-dealkylation sites (N-methyl/N-ethyl adjacent to an activating group) is 1. The fourth-order valence-electron chi connectivity index (χ4n) is 4.63. The van der Waals surface area contributed by atoms with Crippen molar-refractivity contribution in [2.24, 2.45) is 11.8 Å². The summed E-state index contributed by atoms with van der Waals surface area (Å²) < 4.78 is 6.28. The van der Waals surface area contributed by atoms with E-state index in [2.05, 4.69) is 16.8 Å². The lowest BCUT2D eigenvalue weighted by molar-refractivity contribution is -0.136. The van der Waals surface area contributed by atoms with Gasteiger partial charge < -0.3 is 24.7 Å². The zero-order chi connectivity index (χ0) is 25.8. The van der Waals surface area contributed by atoms with Gasteiger partial charge in [0.2, 0.25) is 11.8 Å². The Kier molecular flexibility index (Phi) is 8.79. The Morgan fingerprint density at radius 1 is 1.34 bits per heavy atom. The van der Waals surface area contributed by atoms with Gasteiger partial charge in [-0.05, 0) is 39.7 Å². The molecule has 3 rings (SSSR count). The molecule has 0 aromatic carbocycles. The van der Waals surface area contributed by atoms with Gasteiger partial charge in [0.25, 0.3) is 5.91 Å². The van der Waals surface area contributed by atoms with Crippen molar-refractivity contribution in [2.75, 3.05) is 26.7 Å². The molecule has 2 N–H and O–H groups in total. The second-order valence-electron chi connectivity index (χ2n) is 10.6. The van der Waals surface area contributed by atoms with E-state index >= 15 is 0 Å². The van der Waals surface area contributed by atoms with Gasteiger partial charge >= 0.3 is 0 Å². The van der Waals surface area contributed by atoms with Gasteiger partial charge in [-0.15, -0.1) is 0 Å². The monoisotopic (exact) mass is 485 g/mol. The zero-order valence-electron chi connectivity index (χ0n) is 21.6. The number of ether oxygens (including phenoxy) is 1. The molecular weight excluding hydrogens is 446 g/mol. The Morgan fingerprint density at radius 2 is 2.03 bits per heavy atom. The summed E-state index contributed by atoms with van der Waals surface area (Å²) in [4.78, 5) is 34.3. The second kappa shape index (κ2) is 11.4. The predicted molar refractivity (Wildman–Crippen MR) is 133 cm³/mol. The number of nitrogens with zero attached hydrogens (tertiary/aromatic N) is 3. The Bertz CT molecular complexity index is 971. The van der Waals surface area contributed by atoms with E-state index in [0.717, 1.165) is 25.7 Å². The molecule has 8 nitrogen and oxygen atoms in total. The highest BCUT2D eigenvalue weighted by molar-refractivity contribution is 5.97. The van der Waals surface area contributed by atoms with Crippen LogP contribution in [0.4, 0.5) is 0 Å². The molecule has 1 aromatic rings. The zero-order valence-corrected chi connectivity index (χ0v) is 21.6. The number of hydrogen-bond donors (Lipinski definition) is 2. The smallest absolute Gasteiger partial charge is 0.259 e. The van der Waals surface area contributed by atoms with Gasteiger partial charge in [-0.25, -0.2) is 4.98 Å². The molecule has 0 unspecified atom stereocenters. The van der Waals surface area contributed by atoms with Crippen LogP contribution in [-0.2, 0) is 4.79 Å². The molecule has 1 saturated carbocycles. The molecule has 2 aliphatic rings. The number of carbonyl (C=O) groups is 2. The number of pyridine rings is 1.